The van der Waals surface area contributed by atoms with Gasteiger partial charge in [0.2, 0.25) is 0 Å². The van der Waals surface area contributed by atoms with Gasteiger partial charge in [-0.1, -0.05) is 42.5 Å². The minimum atomic E-state index is 0.727. The van der Waals surface area contributed by atoms with Gasteiger partial charge in [0.05, 0.1) is 6.33 Å². The van der Waals surface area contributed by atoms with Crippen molar-refractivity contribution in [3.05, 3.63) is 90.1 Å². The Balaban J connectivity index is 1.28. The number of guanidine groups is 1. The molecular weight excluding hydrogens is 360 g/mol. The lowest BCUT2D eigenvalue weighted by molar-refractivity contribution is 0.783. The van der Waals surface area contributed by atoms with Gasteiger partial charge in [-0.2, -0.15) is 0 Å². The monoisotopic (exact) mass is 386 g/mol. The van der Waals surface area contributed by atoms with Crippen LogP contribution in [0.2, 0.25) is 0 Å². The Labute approximate surface area is 170 Å². The van der Waals surface area contributed by atoms with E-state index in [9.17, 15) is 0 Å². The van der Waals surface area contributed by atoms with Crippen LogP contribution in [0.15, 0.2) is 78.4 Å². The molecule has 2 aromatic heterocycles. The summed E-state index contributed by atoms with van der Waals surface area (Å²) in [6, 6.07) is 17.0. The van der Waals surface area contributed by atoms with E-state index in [0.717, 1.165) is 32.0 Å². The van der Waals surface area contributed by atoms with Crippen molar-refractivity contribution in [1.82, 2.24) is 25.2 Å². The van der Waals surface area contributed by atoms with Gasteiger partial charge in [-0.15, -0.1) is 0 Å². The Kier molecular flexibility index (Phi) is 5.90. The standard InChI is InChI=1S/C23H26N6/c1-24-23(26-10-9-20-15-27-22-8-3-2-7-21(20)22)28-14-18-5-4-6-19(13-18)16-29-12-11-25-17-29/h2-8,11-13,15,17,27H,9-10,14,16H2,1H3,(H2,24,26,28). The molecule has 0 saturated heterocycles. The minimum absolute atomic E-state index is 0.727. The van der Waals surface area contributed by atoms with Crippen molar-refractivity contribution in [2.75, 3.05) is 13.6 Å². The van der Waals surface area contributed by atoms with Crippen LogP contribution in [0, 0.1) is 0 Å². The number of para-hydroxylation sites is 1. The third-order valence-electron chi connectivity index (χ3n) is 4.96. The lowest BCUT2D eigenvalue weighted by Gasteiger charge is -2.12. The van der Waals surface area contributed by atoms with Crippen molar-refractivity contribution in [2.24, 2.45) is 4.99 Å². The van der Waals surface area contributed by atoms with Gasteiger partial charge in [-0.25, -0.2) is 4.98 Å². The largest absolute Gasteiger partial charge is 0.361 e. The molecule has 0 unspecified atom stereocenters. The normalized spacial score (nSPS) is 11.7. The van der Waals surface area contributed by atoms with Crippen molar-refractivity contribution in [3.63, 3.8) is 0 Å². The Hall–Kier alpha value is -3.54. The molecule has 3 N–H and O–H groups in total. The molecule has 0 atom stereocenters. The molecule has 4 rings (SSSR count). The zero-order valence-electron chi connectivity index (χ0n) is 16.6. The minimum Gasteiger partial charge on any atom is -0.361 e. The second-order valence-corrected chi connectivity index (χ2v) is 7.02. The van der Waals surface area contributed by atoms with Crippen molar-refractivity contribution < 1.29 is 0 Å². The van der Waals surface area contributed by atoms with Crippen molar-refractivity contribution in [2.45, 2.75) is 19.5 Å². The summed E-state index contributed by atoms with van der Waals surface area (Å²) in [5.41, 5.74) is 4.98. The highest BCUT2D eigenvalue weighted by molar-refractivity contribution is 5.83. The maximum Gasteiger partial charge on any atom is 0.191 e. The molecular formula is C23H26N6. The molecule has 0 aliphatic heterocycles. The molecule has 0 aliphatic carbocycles. The Morgan fingerprint density at radius 3 is 2.86 bits per heavy atom. The molecule has 0 saturated carbocycles. The SMILES string of the molecule is CN=C(NCCc1c[nH]c2ccccc12)NCc1cccc(Cn2ccnc2)c1. The molecule has 6 nitrogen and oxygen atoms in total. The number of nitrogens with one attached hydrogen (secondary N) is 3. The second kappa shape index (κ2) is 9.10. The smallest absolute Gasteiger partial charge is 0.191 e. The summed E-state index contributed by atoms with van der Waals surface area (Å²) < 4.78 is 2.07. The number of hydrogen-bond donors (Lipinski definition) is 3. The first-order chi connectivity index (χ1) is 14.3. The first-order valence-corrected chi connectivity index (χ1v) is 9.85. The lowest BCUT2D eigenvalue weighted by atomic mass is 10.1. The van der Waals surface area contributed by atoms with Crippen LogP contribution in [0.1, 0.15) is 16.7 Å². The summed E-state index contributed by atoms with van der Waals surface area (Å²) in [6.07, 6.45) is 8.64. The van der Waals surface area contributed by atoms with E-state index in [0.29, 0.717) is 0 Å². The highest BCUT2D eigenvalue weighted by Crippen LogP contribution is 2.17. The third kappa shape index (κ3) is 4.85. The summed E-state index contributed by atoms with van der Waals surface area (Å²) in [5, 5.41) is 8.09. The molecule has 4 aromatic rings. The number of aromatic amines is 1. The van der Waals surface area contributed by atoms with E-state index in [1.54, 1.807) is 13.2 Å². The number of hydrogen-bond acceptors (Lipinski definition) is 2. The van der Waals surface area contributed by atoms with Gasteiger partial charge in [-0.3, -0.25) is 4.99 Å². The third-order valence-corrected chi connectivity index (χ3v) is 4.96. The van der Waals surface area contributed by atoms with Crippen LogP contribution < -0.4 is 10.6 Å². The first kappa shape index (κ1) is 18.8. The highest BCUT2D eigenvalue weighted by Gasteiger charge is 2.04. The quantitative estimate of drug-likeness (QED) is 0.337. The lowest BCUT2D eigenvalue weighted by Crippen LogP contribution is -2.37. The fourth-order valence-corrected chi connectivity index (χ4v) is 3.49. The molecule has 0 radical (unpaired) electrons. The Bertz CT molecular complexity index is 1080. The van der Waals surface area contributed by atoms with Gasteiger partial charge in [0.15, 0.2) is 5.96 Å². The molecule has 0 spiro atoms. The topological polar surface area (TPSA) is 70.0 Å². The second-order valence-electron chi connectivity index (χ2n) is 7.02. The first-order valence-electron chi connectivity index (χ1n) is 9.85. The van der Waals surface area contributed by atoms with Crippen molar-refractivity contribution in [3.8, 4) is 0 Å². The van der Waals surface area contributed by atoms with Crippen LogP contribution in [0.4, 0.5) is 0 Å². The molecule has 0 aliphatic rings. The van der Waals surface area contributed by atoms with Gasteiger partial charge < -0.3 is 20.2 Å². The average Bonchev–Trinajstić information content (AvgIpc) is 3.41. The number of imidazole rings is 1. The summed E-state index contributed by atoms with van der Waals surface area (Å²) in [7, 11) is 1.80. The van der Waals surface area contributed by atoms with Gasteiger partial charge in [0.1, 0.15) is 0 Å². The van der Waals surface area contributed by atoms with E-state index >= 15 is 0 Å². The fourth-order valence-electron chi connectivity index (χ4n) is 3.49. The summed E-state index contributed by atoms with van der Waals surface area (Å²) >= 11 is 0. The van der Waals surface area contributed by atoms with Gasteiger partial charge in [0, 0.05) is 56.2 Å². The highest BCUT2D eigenvalue weighted by atomic mass is 15.2. The zero-order chi connectivity index (χ0) is 19.9. The molecule has 148 valence electrons. The number of aliphatic imine (C=N–C) groups is 1. The van der Waals surface area contributed by atoms with E-state index in [1.165, 1.54) is 27.6 Å². The van der Waals surface area contributed by atoms with Crippen molar-refractivity contribution >= 4 is 16.9 Å². The fraction of sp³-hybridized carbons (Fsp3) is 0.217. The van der Waals surface area contributed by atoms with E-state index in [2.05, 4.69) is 84.9 Å². The number of H-pyrrole nitrogens is 1. The van der Waals surface area contributed by atoms with Crippen LogP contribution >= 0.6 is 0 Å². The number of benzene rings is 2. The van der Waals surface area contributed by atoms with E-state index in [4.69, 9.17) is 0 Å². The average molecular weight is 387 g/mol. The molecule has 0 bridgehead atoms. The Morgan fingerprint density at radius 1 is 1.10 bits per heavy atom. The molecule has 2 heterocycles. The van der Waals surface area contributed by atoms with Crippen molar-refractivity contribution in [1.29, 1.82) is 0 Å². The van der Waals surface area contributed by atoms with Crippen LogP contribution in [-0.2, 0) is 19.5 Å². The zero-order valence-corrected chi connectivity index (χ0v) is 16.6. The van der Waals surface area contributed by atoms with Crippen LogP contribution in [0.3, 0.4) is 0 Å². The summed E-state index contributed by atoms with van der Waals surface area (Å²) in [4.78, 5) is 11.8. The predicted molar refractivity (Wildman–Crippen MR) is 118 cm³/mol. The van der Waals surface area contributed by atoms with Gasteiger partial charge >= 0.3 is 0 Å². The van der Waals surface area contributed by atoms with Gasteiger partial charge in [0.25, 0.3) is 0 Å². The Morgan fingerprint density at radius 2 is 2.00 bits per heavy atom. The molecule has 0 amide bonds. The van der Waals surface area contributed by atoms with Crippen LogP contribution in [0.25, 0.3) is 10.9 Å². The van der Waals surface area contributed by atoms with E-state index in [-0.39, 0.29) is 0 Å². The molecule has 29 heavy (non-hydrogen) atoms. The van der Waals surface area contributed by atoms with Crippen LogP contribution in [-0.4, -0.2) is 34.1 Å². The number of nitrogens with zero attached hydrogens (tertiary/aromatic N) is 3. The number of fused-ring (bicyclic) bond motifs is 1. The predicted octanol–water partition coefficient (Wildman–Crippen LogP) is 3.32. The van der Waals surface area contributed by atoms with E-state index in [1.807, 2.05) is 12.5 Å². The van der Waals surface area contributed by atoms with Gasteiger partial charge in [-0.05, 0) is 29.2 Å². The molecule has 0 fully saturated rings. The van der Waals surface area contributed by atoms with Crippen LogP contribution in [0.5, 0.6) is 0 Å². The van der Waals surface area contributed by atoms with E-state index < -0.39 is 0 Å². The number of rotatable bonds is 7. The maximum atomic E-state index is 4.34. The molecule has 6 heteroatoms. The number of aromatic nitrogens is 3. The molecule has 2 aromatic carbocycles. The summed E-state index contributed by atoms with van der Waals surface area (Å²) in [6.45, 7) is 2.37. The maximum absolute atomic E-state index is 4.34. The summed E-state index contributed by atoms with van der Waals surface area (Å²) in [5.74, 6) is 0.810.